The first kappa shape index (κ1) is 15.3. The van der Waals surface area contributed by atoms with Crippen LogP contribution in [-0.4, -0.2) is 23.3 Å². The van der Waals surface area contributed by atoms with Gasteiger partial charge in [-0.25, -0.2) is 0 Å². The van der Waals surface area contributed by atoms with E-state index in [-0.39, 0.29) is 17.4 Å². The van der Waals surface area contributed by atoms with Crippen LogP contribution in [0.2, 0.25) is 0 Å². The van der Waals surface area contributed by atoms with Crippen molar-refractivity contribution in [3.05, 3.63) is 54.1 Å². The molecule has 2 rings (SSSR count). The van der Waals surface area contributed by atoms with Crippen molar-refractivity contribution in [2.24, 2.45) is 0 Å². The molecule has 0 heterocycles. The molecule has 0 aliphatic heterocycles. The van der Waals surface area contributed by atoms with Crippen molar-refractivity contribution in [2.45, 2.75) is 16.6 Å². The number of hydrogen-bond acceptors (Lipinski definition) is 4. The molecule has 0 saturated heterocycles. The molecule has 0 radical (unpaired) electrons. The Kier molecular flexibility index (Phi) is 5.11. The molecule has 21 heavy (non-hydrogen) atoms. The first-order valence-corrected chi connectivity index (χ1v) is 7.28. The lowest BCUT2D eigenvalue weighted by molar-refractivity contribution is -0.137. The summed E-state index contributed by atoms with van der Waals surface area (Å²) in [5.41, 5.74) is 0.881. The first-order valence-electron chi connectivity index (χ1n) is 6.40. The molecule has 1 unspecified atom stereocenters. The fraction of sp³-hybridized carbons (Fsp3) is 0.188. The molecule has 1 atom stereocenters. The number of para-hydroxylation sites is 1. The van der Waals surface area contributed by atoms with E-state index < -0.39 is 5.97 Å². The Hall–Kier alpha value is -2.14. The maximum atomic E-state index is 11.1. The molecule has 0 aliphatic carbocycles. The maximum Gasteiger partial charge on any atom is 0.304 e. The number of rotatable bonds is 6. The lowest BCUT2D eigenvalue weighted by atomic mass is 10.1. The molecule has 0 spiro atoms. The smallest absolute Gasteiger partial charge is 0.304 e. The number of methoxy groups -OCH3 is 1. The molecule has 0 amide bonds. The summed E-state index contributed by atoms with van der Waals surface area (Å²) >= 11 is 1.34. The highest BCUT2D eigenvalue weighted by molar-refractivity contribution is 7.99. The molecule has 4 nitrogen and oxygen atoms in total. The van der Waals surface area contributed by atoms with Gasteiger partial charge in [0.05, 0.1) is 13.5 Å². The molecule has 0 saturated carbocycles. The molecule has 0 aromatic heterocycles. The van der Waals surface area contributed by atoms with Gasteiger partial charge in [-0.05, 0) is 29.8 Å². The van der Waals surface area contributed by atoms with Gasteiger partial charge in [0.2, 0.25) is 0 Å². The summed E-state index contributed by atoms with van der Waals surface area (Å²) in [6, 6.07) is 14.2. The van der Waals surface area contributed by atoms with Gasteiger partial charge in [0, 0.05) is 10.1 Å². The highest BCUT2D eigenvalue weighted by Gasteiger charge is 2.18. The van der Waals surface area contributed by atoms with Crippen LogP contribution in [0.1, 0.15) is 17.2 Å². The van der Waals surface area contributed by atoms with Gasteiger partial charge < -0.3 is 14.9 Å². The minimum atomic E-state index is -0.876. The van der Waals surface area contributed by atoms with Gasteiger partial charge in [-0.15, -0.1) is 11.8 Å². The zero-order chi connectivity index (χ0) is 15.2. The van der Waals surface area contributed by atoms with Crippen LogP contribution >= 0.6 is 11.8 Å². The highest BCUT2D eigenvalue weighted by atomic mass is 32.2. The number of carboxylic acid groups (broad SMARTS) is 1. The Balaban J connectivity index is 2.25. The van der Waals surface area contributed by atoms with Gasteiger partial charge in [-0.3, -0.25) is 4.79 Å². The minimum absolute atomic E-state index is 0.0225. The third kappa shape index (κ3) is 4.16. The molecule has 0 aliphatic rings. The lowest BCUT2D eigenvalue weighted by Gasteiger charge is -2.16. The average Bonchev–Trinajstić information content (AvgIpc) is 2.48. The molecular weight excluding hydrogens is 288 g/mol. The van der Waals surface area contributed by atoms with Gasteiger partial charge in [-0.1, -0.05) is 24.3 Å². The molecule has 2 aromatic carbocycles. The van der Waals surface area contributed by atoms with E-state index in [1.165, 1.54) is 11.8 Å². The van der Waals surface area contributed by atoms with E-state index in [0.717, 1.165) is 11.3 Å². The standard InChI is InChI=1S/C16H16O4S/c1-20-12-8-6-11(7-9-12)15(10-16(18)19)21-14-5-3-2-4-13(14)17/h2-9,15,17H,10H2,1H3,(H,18,19). The van der Waals surface area contributed by atoms with Crippen LogP contribution in [0.25, 0.3) is 0 Å². The predicted molar refractivity (Wildman–Crippen MR) is 82.0 cm³/mol. The zero-order valence-corrected chi connectivity index (χ0v) is 12.3. The third-order valence-corrected chi connectivity index (χ3v) is 4.30. The SMILES string of the molecule is COc1ccc(C(CC(=O)O)Sc2ccccc2O)cc1. The molecule has 2 N–H and O–H groups in total. The van der Waals surface area contributed by atoms with Crippen molar-refractivity contribution in [3.63, 3.8) is 0 Å². The van der Waals surface area contributed by atoms with Crippen molar-refractivity contribution in [3.8, 4) is 11.5 Å². The lowest BCUT2D eigenvalue weighted by Crippen LogP contribution is -2.03. The van der Waals surface area contributed by atoms with Gasteiger partial charge in [0.25, 0.3) is 0 Å². The van der Waals surface area contributed by atoms with Crippen molar-refractivity contribution in [1.82, 2.24) is 0 Å². The zero-order valence-electron chi connectivity index (χ0n) is 11.5. The van der Waals surface area contributed by atoms with Crippen molar-refractivity contribution in [1.29, 1.82) is 0 Å². The first-order chi connectivity index (χ1) is 10.1. The Bertz CT molecular complexity index is 610. The molecule has 0 bridgehead atoms. The molecule has 2 aromatic rings. The van der Waals surface area contributed by atoms with Gasteiger partial charge in [0.15, 0.2) is 0 Å². The Morgan fingerprint density at radius 2 is 1.86 bits per heavy atom. The van der Waals surface area contributed by atoms with E-state index >= 15 is 0 Å². The number of phenolic OH excluding ortho intramolecular Hbond substituents is 1. The quantitative estimate of drug-likeness (QED) is 0.796. The Labute approximate surface area is 127 Å². The summed E-state index contributed by atoms with van der Waals surface area (Å²) in [7, 11) is 1.58. The molecular formula is C16H16O4S. The Morgan fingerprint density at radius 3 is 2.43 bits per heavy atom. The number of hydrogen-bond donors (Lipinski definition) is 2. The Morgan fingerprint density at radius 1 is 1.19 bits per heavy atom. The largest absolute Gasteiger partial charge is 0.507 e. The molecule has 0 fully saturated rings. The van der Waals surface area contributed by atoms with Crippen LogP contribution in [0.4, 0.5) is 0 Å². The van der Waals surface area contributed by atoms with Crippen molar-refractivity contribution in [2.75, 3.05) is 7.11 Å². The van der Waals surface area contributed by atoms with E-state index in [2.05, 4.69) is 0 Å². The summed E-state index contributed by atoms with van der Waals surface area (Å²) < 4.78 is 5.10. The second-order valence-corrected chi connectivity index (χ2v) is 5.69. The van der Waals surface area contributed by atoms with Crippen LogP contribution in [-0.2, 0) is 4.79 Å². The van der Waals surface area contributed by atoms with Gasteiger partial charge in [-0.2, -0.15) is 0 Å². The monoisotopic (exact) mass is 304 g/mol. The summed E-state index contributed by atoms with van der Waals surface area (Å²) in [6.07, 6.45) is -0.0225. The third-order valence-electron chi connectivity index (χ3n) is 2.98. The number of carboxylic acids is 1. The number of carbonyl (C=O) groups is 1. The fourth-order valence-electron chi connectivity index (χ4n) is 1.91. The van der Waals surface area contributed by atoms with E-state index in [1.54, 1.807) is 37.4 Å². The highest BCUT2D eigenvalue weighted by Crippen LogP contribution is 2.41. The number of thioether (sulfide) groups is 1. The number of aliphatic carboxylic acids is 1. The van der Waals surface area contributed by atoms with E-state index in [0.29, 0.717) is 4.90 Å². The molecule has 5 heteroatoms. The number of aromatic hydroxyl groups is 1. The number of benzene rings is 2. The summed E-state index contributed by atoms with van der Waals surface area (Å²) in [5.74, 6) is 0.00511. The average molecular weight is 304 g/mol. The van der Waals surface area contributed by atoms with Crippen LogP contribution in [0.15, 0.2) is 53.4 Å². The second kappa shape index (κ2) is 7.04. The van der Waals surface area contributed by atoms with E-state index in [9.17, 15) is 9.90 Å². The van der Waals surface area contributed by atoms with Gasteiger partial charge in [0.1, 0.15) is 11.5 Å². The van der Waals surface area contributed by atoms with E-state index in [4.69, 9.17) is 9.84 Å². The van der Waals surface area contributed by atoms with Crippen LogP contribution in [0.3, 0.4) is 0 Å². The maximum absolute atomic E-state index is 11.1. The second-order valence-electron chi connectivity index (χ2n) is 4.45. The summed E-state index contributed by atoms with van der Waals surface area (Å²) in [6.45, 7) is 0. The van der Waals surface area contributed by atoms with Crippen molar-refractivity contribution >= 4 is 17.7 Å². The van der Waals surface area contributed by atoms with Crippen molar-refractivity contribution < 1.29 is 19.7 Å². The normalized spacial score (nSPS) is 11.9. The van der Waals surface area contributed by atoms with Gasteiger partial charge >= 0.3 is 5.97 Å². The number of ether oxygens (including phenoxy) is 1. The predicted octanol–water partition coefficient (Wildman–Crippen LogP) is 3.71. The summed E-state index contributed by atoms with van der Waals surface area (Å²) in [4.78, 5) is 11.7. The van der Waals surface area contributed by atoms with Crippen LogP contribution < -0.4 is 4.74 Å². The fourth-order valence-corrected chi connectivity index (χ4v) is 3.09. The minimum Gasteiger partial charge on any atom is -0.507 e. The van der Waals surface area contributed by atoms with Crippen LogP contribution in [0, 0.1) is 0 Å². The number of phenols is 1. The summed E-state index contributed by atoms with van der Waals surface area (Å²) in [5, 5.41) is 18.7. The topological polar surface area (TPSA) is 66.8 Å². The van der Waals surface area contributed by atoms with E-state index in [1.807, 2.05) is 18.2 Å². The molecule has 110 valence electrons. The van der Waals surface area contributed by atoms with Crippen LogP contribution in [0.5, 0.6) is 11.5 Å².